The molecule has 1 aromatic rings. The Morgan fingerprint density at radius 2 is 2.00 bits per heavy atom. The summed E-state index contributed by atoms with van der Waals surface area (Å²) in [6.45, 7) is 4.07. The van der Waals surface area contributed by atoms with Crippen LogP contribution in [0.25, 0.3) is 5.57 Å². The summed E-state index contributed by atoms with van der Waals surface area (Å²) in [5.74, 6) is 0. The molecule has 0 bridgehead atoms. The predicted molar refractivity (Wildman–Crippen MR) is 60.3 cm³/mol. The van der Waals surface area contributed by atoms with Crippen LogP contribution in [0, 0.1) is 0 Å². The van der Waals surface area contributed by atoms with Gasteiger partial charge >= 0.3 is 0 Å². The first-order valence-corrected chi connectivity index (χ1v) is 5.31. The summed E-state index contributed by atoms with van der Waals surface area (Å²) in [6.07, 6.45) is 4.46. The van der Waals surface area contributed by atoms with Gasteiger partial charge in [-0.25, -0.2) is 5.32 Å². The molecule has 2 rings (SSSR count). The van der Waals surface area contributed by atoms with Gasteiger partial charge in [-0.15, -0.1) is 0 Å². The number of rotatable bonds is 2. The first kappa shape index (κ1) is 9.47. The molecule has 1 aliphatic heterocycles. The highest BCUT2D eigenvalue weighted by molar-refractivity contribution is 5.66. The van der Waals surface area contributed by atoms with E-state index in [-0.39, 0.29) is 0 Å². The van der Waals surface area contributed by atoms with Crippen molar-refractivity contribution in [2.24, 2.45) is 0 Å². The normalized spacial score (nSPS) is 16.5. The molecule has 0 atom stereocenters. The molecule has 1 heterocycles. The Labute approximate surface area is 85.8 Å². The van der Waals surface area contributed by atoms with E-state index in [0.29, 0.717) is 0 Å². The summed E-state index contributed by atoms with van der Waals surface area (Å²) in [6, 6.07) is 8.91. The van der Waals surface area contributed by atoms with E-state index < -0.39 is 0 Å². The minimum absolute atomic E-state index is 0.894. The molecule has 1 aromatic carbocycles. The molecule has 14 heavy (non-hydrogen) atoms. The van der Waals surface area contributed by atoms with Crippen LogP contribution in [0.1, 0.15) is 24.5 Å². The van der Waals surface area contributed by atoms with Crippen LogP contribution in [0.15, 0.2) is 30.3 Å². The second kappa shape index (κ2) is 4.43. The van der Waals surface area contributed by atoms with E-state index in [1.165, 1.54) is 16.7 Å². The van der Waals surface area contributed by atoms with Crippen LogP contribution in [0.2, 0.25) is 0 Å². The highest BCUT2D eigenvalue weighted by atomic mass is 14.8. The largest absolute Gasteiger partial charge is 0.237 e. The summed E-state index contributed by atoms with van der Waals surface area (Å²) >= 11 is 0. The number of benzene rings is 1. The molecule has 1 radical (unpaired) electrons. The molecule has 0 unspecified atom stereocenters. The maximum atomic E-state index is 4.31. The zero-order chi connectivity index (χ0) is 9.80. The Bertz CT molecular complexity index is 322. The second-order valence-electron chi connectivity index (χ2n) is 3.66. The molecule has 1 heteroatoms. The van der Waals surface area contributed by atoms with Gasteiger partial charge in [0.1, 0.15) is 0 Å². The molecule has 0 saturated carbocycles. The molecular weight excluding hydrogens is 170 g/mol. The van der Waals surface area contributed by atoms with E-state index in [1.807, 2.05) is 0 Å². The molecule has 0 amide bonds. The van der Waals surface area contributed by atoms with Crippen LogP contribution in [0.5, 0.6) is 0 Å². The standard InChI is InChI=1S/C13H16N/c1-2-11-3-5-12(6-4-11)13-7-9-14-10-8-13/h3-7H,2,8-10H2,1H3. The van der Waals surface area contributed by atoms with Crippen LogP contribution in [0.4, 0.5) is 0 Å². The fourth-order valence-corrected chi connectivity index (χ4v) is 1.78. The van der Waals surface area contributed by atoms with E-state index in [0.717, 1.165) is 25.9 Å². The molecule has 0 spiro atoms. The zero-order valence-electron chi connectivity index (χ0n) is 8.66. The van der Waals surface area contributed by atoms with Crippen molar-refractivity contribution in [1.82, 2.24) is 5.32 Å². The van der Waals surface area contributed by atoms with Crippen molar-refractivity contribution < 1.29 is 0 Å². The summed E-state index contributed by atoms with van der Waals surface area (Å²) in [5, 5.41) is 4.31. The van der Waals surface area contributed by atoms with E-state index in [2.05, 4.69) is 42.6 Å². The smallest absolute Gasteiger partial charge is 0.0320 e. The van der Waals surface area contributed by atoms with Gasteiger partial charge in [-0.1, -0.05) is 37.3 Å². The topological polar surface area (TPSA) is 14.1 Å². The van der Waals surface area contributed by atoms with E-state index in [4.69, 9.17) is 0 Å². The quantitative estimate of drug-likeness (QED) is 0.674. The molecule has 0 aromatic heterocycles. The van der Waals surface area contributed by atoms with E-state index in [1.54, 1.807) is 0 Å². The van der Waals surface area contributed by atoms with Gasteiger partial charge in [-0.05, 0) is 29.5 Å². The molecule has 1 aliphatic rings. The third kappa shape index (κ3) is 2.05. The summed E-state index contributed by atoms with van der Waals surface area (Å²) < 4.78 is 0. The predicted octanol–water partition coefficient (Wildman–Crippen LogP) is 2.64. The molecule has 0 saturated heterocycles. The number of nitrogens with zero attached hydrogens (tertiary/aromatic N) is 1. The Kier molecular flexibility index (Phi) is 3.00. The van der Waals surface area contributed by atoms with Gasteiger partial charge < -0.3 is 0 Å². The maximum absolute atomic E-state index is 4.31. The third-order valence-electron chi connectivity index (χ3n) is 2.74. The van der Waals surface area contributed by atoms with Crippen LogP contribution >= 0.6 is 0 Å². The summed E-state index contributed by atoms with van der Waals surface area (Å²) in [5.41, 5.74) is 4.25. The van der Waals surface area contributed by atoms with Gasteiger partial charge in [0, 0.05) is 13.1 Å². The van der Waals surface area contributed by atoms with Gasteiger partial charge in [0.2, 0.25) is 0 Å². The van der Waals surface area contributed by atoms with Crippen LogP contribution in [-0.4, -0.2) is 13.1 Å². The van der Waals surface area contributed by atoms with E-state index in [9.17, 15) is 0 Å². The SMILES string of the molecule is CCc1ccc(C2=CC[N]CC2)cc1. The number of hydrogen-bond acceptors (Lipinski definition) is 0. The van der Waals surface area contributed by atoms with Crippen LogP contribution in [-0.2, 0) is 6.42 Å². The van der Waals surface area contributed by atoms with Gasteiger partial charge in [-0.2, -0.15) is 0 Å². The zero-order valence-corrected chi connectivity index (χ0v) is 8.66. The van der Waals surface area contributed by atoms with Gasteiger partial charge in [0.25, 0.3) is 0 Å². The summed E-state index contributed by atoms with van der Waals surface area (Å²) in [4.78, 5) is 0. The van der Waals surface area contributed by atoms with Gasteiger partial charge in [0.05, 0.1) is 0 Å². The van der Waals surface area contributed by atoms with Crippen molar-refractivity contribution in [3.8, 4) is 0 Å². The van der Waals surface area contributed by atoms with Gasteiger partial charge in [-0.3, -0.25) is 0 Å². The maximum Gasteiger partial charge on any atom is 0.0320 e. The minimum atomic E-state index is 0.894. The summed E-state index contributed by atoms with van der Waals surface area (Å²) in [7, 11) is 0. The Morgan fingerprint density at radius 3 is 2.57 bits per heavy atom. The minimum Gasteiger partial charge on any atom is -0.237 e. The Balaban J connectivity index is 2.19. The lowest BCUT2D eigenvalue weighted by Crippen LogP contribution is -2.12. The third-order valence-corrected chi connectivity index (χ3v) is 2.74. The highest BCUT2D eigenvalue weighted by Crippen LogP contribution is 2.20. The fraction of sp³-hybridized carbons (Fsp3) is 0.385. The van der Waals surface area contributed by atoms with Crippen LogP contribution in [0.3, 0.4) is 0 Å². The lowest BCUT2D eigenvalue weighted by molar-refractivity contribution is 0.723. The molecule has 0 aliphatic carbocycles. The molecule has 1 nitrogen and oxygen atoms in total. The second-order valence-corrected chi connectivity index (χ2v) is 3.66. The lowest BCUT2D eigenvalue weighted by atomic mass is 9.99. The monoisotopic (exact) mass is 186 g/mol. The van der Waals surface area contributed by atoms with Crippen molar-refractivity contribution in [3.63, 3.8) is 0 Å². The van der Waals surface area contributed by atoms with Crippen molar-refractivity contribution in [3.05, 3.63) is 41.5 Å². The Morgan fingerprint density at radius 1 is 1.21 bits per heavy atom. The molecular formula is C13H16N. The first-order chi connectivity index (χ1) is 6.90. The average molecular weight is 186 g/mol. The fourth-order valence-electron chi connectivity index (χ4n) is 1.78. The average Bonchev–Trinajstić information content (AvgIpc) is 2.30. The Hall–Kier alpha value is -1.08. The van der Waals surface area contributed by atoms with Gasteiger partial charge in [0.15, 0.2) is 0 Å². The number of hydrogen-bond donors (Lipinski definition) is 0. The number of aryl methyl sites for hydroxylation is 1. The lowest BCUT2D eigenvalue weighted by Gasteiger charge is -2.13. The first-order valence-electron chi connectivity index (χ1n) is 5.31. The van der Waals surface area contributed by atoms with Crippen LogP contribution < -0.4 is 5.32 Å². The van der Waals surface area contributed by atoms with Crippen molar-refractivity contribution in [2.45, 2.75) is 19.8 Å². The molecule has 0 N–H and O–H groups in total. The highest BCUT2D eigenvalue weighted by Gasteiger charge is 2.05. The molecule has 73 valence electrons. The van der Waals surface area contributed by atoms with Crippen molar-refractivity contribution in [2.75, 3.05) is 13.1 Å². The molecule has 0 fully saturated rings. The van der Waals surface area contributed by atoms with Crippen molar-refractivity contribution in [1.29, 1.82) is 0 Å². The van der Waals surface area contributed by atoms with Crippen molar-refractivity contribution >= 4 is 5.57 Å². The van der Waals surface area contributed by atoms with E-state index >= 15 is 0 Å².